The number of sulfonamides is 1. The molecule has 23 heavy (non-hydrogen) atoms. The predicted molar refractivity (Wildman–Crippen MR) is 84.2 cm³/mol. The topological polar surface area (TPSA) is 83.6 Å². The van der Waals surface area contributed by atoms with Gasteiger partial charge >= 0.3 is 0 Å². The van der Waals surface area contributed by atoms with Gasteiger partial charge in [0.2, 0.25) is 5.91 Å². The number of nitrogens with zero attached hydrogens (tertiary/aromatic N) is 1. The van der Waals surface area contributed by atoms with Gasteiger partial charge < -0.3 is 5.32 Å². The van der Waals surface area contributed by atoms with E-state index in [1.54, 1.807) is 12.1 Å². The van der Waals surface area contributed by atoms with Crippen LogP contribution in [-0.4, -0.2) is 37.6 Å². The van der Waals surface area contributed by atoms with Crippen LogP contribution in [-0.2, 0) is 14.8 Å². The Morgan fingerprint density at radius 3 is 2.57 bits per heavy atom. The average Bonchev–Trinajstić information content (AvgIpc) is 2.75. The Labute approximate surface area is 135 Å². The Kier molecular flexibility index (Phi) is 4.39. The van der Waals surface area contributed by atoms with E-state index in [4.69, 9.17) is 0 Å². The molecule has 3 rings (SSSR count). The summed E-state index contributed by atoms with van der Waals surface area (Å²) in [5, 5.41) is 2.77. The van der Waals surface area contributed by atoms with Crippen LogP contribution >= 0.6 is 0 Å². The number of hydrogen-bond acceptors (Lipinski definition) is 4. The standard InChI is InChI=1S/C16H20N2O4S/c19-15(17-10-12-6-2-1-3-7-12)11-18-16(20)13-8-4-5-9-14(13)23(18,21)22/h4-5,8-9,12H,1-3,6-7,10-11H2,(H,17,19). The first kappa shape index (κ1) is 16.0. The maximum Gasteiger partial charge on any atom is 0.269 e. The fourth-order valence-corrected chi connectivity index (χ4v) is 4.75. The van der Waals surface area contributed by atoms with Crippen LogP contribution in [0.3, 0.4) is 0 Å². The monoisotopic (exact) mass is 336 g/mol. The Morgan fingerprint density at radius 1 is 1.17 bits per heavy atom. The lowest BCUT2D eigenvalue weighted by atomic mass is 9.89. The number of amides is 2. The molecule has 0 radical (unpaired) electrons. The molecule has 0 bridgehead atoms. The predicted octanol–water partition coefficient (Wildman–Crippen LogP) is 1.53. The zero-order chi connectivity index (χ0) is 16.4. The van der Waals surface area contributed by atoms with E-state index in [1.807, 2.05) is 0 Å². The lowest BCUT2D eigenvalue weighted by Crippen LogP contribution is -2.41. The van der Waals surface area contributed by atoms with Crippen LogP contribution in [0, 0.1) is 5.92 Å². The number of carbonyl (C=O) groups is 2. The van der Waals surface area contributed by atoms with Crippen molar-refractivity contribution in [1.29, 1.82) is 0 Å². The molecule has 0 saturated heterocycles. The first-order valence-corrected chi connectivity index (χ1v) is 9.37. The smallest absolute Gasteiger partial charge is 0.269 e. The van der Waals surface area contributed by atoms with Gasteiger partial charge in [0, 0.05) is 6.54 Å². The summed E-state index contributed by atoms with van der Waals surface area (Å²) in [6.07, 6.45) is 5.77. The zero-order valence-corrected chi connectivity index (χ0v) is 13.6. The Hall–Kier alpha value is -1.89. The summed E-state index contributed by atoms with van der Waals surface area (Å²) in [4.78, 5) is 24.3. The quantitative estimate of drug-likeness (QED) is 0.904. The van der Waals surface area contributed by atoms with E-state index in [9.17, 15) is 18.0 Å². The van der Waals surface area contributed by atoms with Gasteiger partial charge in [-0.15, -0.1) is 0 Å². The minimum Gasteiger partial charge on any atom is -0.354 e. The summed E-state index contributed by atoms with van der Waals surface area (Å²) in [5.74, 6) is -0.607. The molecule has 0 spiro atoms. The van der Waals surface area contributed by atoms with Gasteiger partial charge in [-0.3, -0.25) is 9.59 Å². The van der Waals surface area contributed by atoms with E-state index >= 15 is 0 Å². The van der Waals surface area contributed by atoms with Crippen molar-refractivity contribution in [1.82, 2.24) is 9.62 Å². The molecule has 1 heterocycles. The van der Waals surface area contributed by atoms with Gasteiger partial charge in [-0.25, -0.2) is 12.7 Å². The second-order valence-corrected chi connectivity index (χ2v) is 7.95. The Balaban J connectivity index is 1.64. The van der Waals surface area contributed by atoms with Crippen LogP contribution in [0.25, 0.3) is 0 Å². The minimum absolute atomic E-state index is 0.0231. The van der Waals surface area contributed by atoms with Crippen LogP contribution in [0.2, 0.25) is 0 Å². The molecule has 6 nitrogen and oxygen atoms in total. The molecule has 7 heteroatoms. The normalized spacial score (nSPS) is 20.3. The highest BCUT2D eigenvalue weighted by atomic mass is 32.2. The molecule has 0 unspecified atom stereocenters. The molecule has 124 valence electrons. The van der Waals surface area contributed by atoms with Crippen molar-refractivity contribution in [3.63, 3.8) is 0 Å². The van der Waals surface area contributed by atoms with Crippen LogP contribution in [0.1, 0.15) is 42.5 Å². The van der Waals surface area contributed by atoms with Crippen LogP contribution in [0.5, 0.6) is 0 Å². The molecule has 1 fully saturated rings. The second kappa shape index (κ2) is 6.31. The van der Waals surface area contributed by atoms with E-state index in [-0.39, 0.29) is 10.5 Å². The molecule has 1 N–H and O–H groups in total. The van der Waals surface area contributed by atoms with Crippen molar-refractivity contribution in [3.05, 3.63) is 29.8 Å². The maximum atomic E-state index is 12.4. The molecule has 2 aliphatic rings. The summed E-state index contributed by atoms with van der Waals surface area (Å²) in [6, 6.07) is 6.03. The molecule has 1 aliphatic heterocycles. The largest absolute Gasteiger partial charge is 0.354 e. The van der Waals surface area contributed by atoms with Gasteiger partial charge in [-0.05, 0) is 30.9 Å². The molecule has 1 aromatic rings. The molecule has 1 aromatic carbocycles. The molecular formula is C16H20N2O4S. The average molecular weight is 336 g/mol. The van der Waals surface area contributed by atoms with E-state index in [2.05, 4.69) is 5.32 Å². The number of hydrogen-bond donors (Lipinski definition) is 1. The van der Waals surface area contributed by atoms with Gasteiger partial charge in [0.05, 0.1) is 5.56 Å². The molecule has 1 saturated carbocycles. The summed E-state index contributed by atoms with van der Waals surface area (Å²) < 4.78 is 25.4. The third kappa shape index (κ3) is 3.10. The van der Waals surface area contributed by atoms with Gasteiger partial charge in [0.15, 0.2) is 0 Å². The first-order valence-electron chi connectivity index (χ1n) is 7.93. The number of rotatable bonds is 4. The van der Waals surface area contributed by atoms with Crippen molar-refractivity contribution in [2.24, 2.45) is 5.92 Å². The van der Waals surface area contributed by atoms with Crippen molar-refractivity contribution in [3.8, 4) is 0 Å². The second-order valence-electron chi connectivity index (χ2n) is 6.12. The Morgan fingerprint density at radius 2 is 1.87 bits per heavy atom. The highest BCUT2D eigenvalue weighted by Gasteiger charge is 2.41. The van der Waals surface area contributed by atoms with Crippen LogP contribution in [0.4, 0.5) is 0 Å². The third-order valence-corrected chi connectivity index (χ3v) is 6.30. The number of benzene rings is 1. The van der Waals surface area contributed by atoms with E-state index < -0.39 is 28.4 Å². The van der Waals surface area contributed by atoms with Gasteiger partial charge in [0.25, 0.3) is 15.9 Å². The van der Waals surface area contributed by atoms with Gasteiger partial charge in [-0.1, -0.05) is 31.4 Å². The van der Waals surface area contributed by atoms with E-state index in [0.29, 0.717) is 16.8 Å². The fraction of sp³-hybridized carbons (Fsp3) is 0.500. The Bertz CT molecular complexity index is 723. The fourth-order valence-electron chi connectivity index (χ4n) is 3.22. The highest BCUT2D eigenvalue weighted by Crippen LogP contribution is 2.29. The van der Waals surface area contributed by atoms with Gasteiger partial charge in [-0.2, -0.15) is 0 Å². The summed E-state index contributed by atoms with van der Waals surface area (Å²) in [6.45, 7) is 0.0937. The van der Waals surface area contributed by atoms with Crippen molar-refractivity contribution < 1.29 is 18.0 Å². The minimum atomic E-state index is -3.91. The lowest BCUT2D eigenvalue weighted by Gasteiger charge is -2.22. The summed E-state index contributed by atoms with van der Waals surface area (Å²) in [7, 11) is -3.91. The number of carbonyl (C=O) groups excluding carboxylic acids is 2. The summed E-state index contributed by atoms with van der Waals surface area (Å²) >= 11 is 0. The molecular weight excluding hydrogens is 316 g/mol. The molecule has 1 aliphatic carbocycles. The van der Waals surface area contributed by atoms with Crippen molar-refractivity contribution in [2.75, 3.05) is 13.1 Å². The zero-order valence-electron chi connectivity index (χ0n) is 12.8. The van der Waals surface area contributed by atoms with Crippen molar-refractivity contribution in [2.45, 2.75) is 37.0 Å². The van der Waals surface area contributed by atoms with E-state index in [1.165, 1.54) is 31.4 Å². The SMILES string of the molecule is O=C(CN1C(=O)c2ccccc2S1(=O)=O)NCC1CCCCC1. The lowest BCUT2D eigenvalue weighted by molar-refractivity contribution is -0.121. The summed E-state index contributed by atoms with van der Waals surface area (Å²) in [5.41, 5.74) is 0.132. The first-order chi connectivity index (χ1) is 11.0. The van der Waals surface area contributed by atoms with Crippen molar-refractivity contribution >= 4 is 21.8 Å². The van der Waals surface area contributed by atoms with Crippen LogP contribution in [0.15, 0.2) is 29.2 Å². The molecule has 0 aromatic heterocycles. The third-order valence-electron chi connectivity index (χ3n) is 4.51. The number of fused-ring (bicyclic) bond motifs is 1. The number of nitrogens with one attached hydrogen (secondary N) is 1. The van der Waals surface area contributed by atoms with Gasteiger partial charge in [0.1, 0.15) is 11.4 Å². The maximum absolute atomic E-state index is 12.4. The molecule has 0 atom stereocenters. The van der Waals surface area contributed by atoms with E-state index in [0.717, 1.165) is 12.8 Å². The highest BCUT2D eigenvalue weighted by molar-refractivity contribution is 7.90. The molecule has 2 amide bonds. The van der Waals surface area contributed by atoms with Crippen LogP contribution < -0.4 is 5.32 Å².